The largest absolute Gasteiger partial charge is 0.545 e. The summed E-state index contributed by atoms with van der Waals surface area (Å²) < 4.78 is 1.20. The van der Waals surface area contributed by atoms with E-state index in [0.29, 0.717) is 17.1 Å². The molecule has 27 heavy (non-hydrogen) atoms. The van der Waals surface area contributed by atoms with E-state index in [-0.39, 0.29) is 16.9 Å². The molecule has 0 aliphatic carbocycles. The minimum absolute atomic E-state index is 0.00676. The number of nitrogens with zero attached hydrogens (tertiary/aromatic N) is 4. The summed E-state index contributed by atoms with van der Waals surface area (Å²) in [6.45, 7) is 1.64. The monoisotopic (exact) mass is 366 g/mol. The first-order chi connectivity index (χ1) is 12.9. The van der Waals surface area contributed by atoms with E-state index < -0.39 is 16.5 Å². The smallest absolute Gasteiger partial charge is 0.299 e. The molecule has 3 aromatic rings. The summed E-state index contributed by atoms with van der Waals surface area (Å²) >= 11 is 0. The van der Waals surface area contributed by atoms with Crippen LogP contribution in [-0.4, -0.2) is 20.7 Å². The number of hydrogen-bond acceptors (Lipinski definition) is 7. The quantitative estimate of drug-likeness (QED) is 0.417. The molecular weight excluding hydrogens is 354 g/mol. The Hall–Kier alpha value is -4.08. The van der Waals surface area contributed by atoms with Gasteiger partial charge in [0, 0.05) is 12.1 Å². The Morgan fingerprint density at radius 1 is 1.07 bits per heavy atom. The average molecular weight is 366 g/mol. The summed E-state index contributed by atoms with van der Waals surface area (Å²) in [5.74, 6) is -1.30. The Labute approximate surface area is 151 Å². The minimum atomic E-state index is -1.30. The molecule has 10 heteroatoms. The van der Waals surface area contributed by atoms with Crippen LogP contribution in [0.5, 0.6) is 0 Å². The van der Waals surface area contributed by atoms with Gasteiger partial charge in [0.05, 0.1) is 28.0 Å². The number of aromatic carboxylic acids is 1. The SMILES string of the molecule is Cc1[nH]n(-c2ccc([N+](=O)[O-])cc2)c(=O)c1N=Nc1ccc(C(=O)[O-])cc1. The summed E-state index contributed by atoms with van der Waals surface area (Å²) in [6.07, 6.45) is 0. The van der Waals surface area contributed by atoms with Gasteiger partial charge >= 0.3 is 0 Å². The van der Waals surface area contributed by atoms with Gasteiger partial charge in [-0.15, -0.1) is 5.11 Å². The van der Waals surface area contributed by atoms with Gasteiger partial charge in [0.25, 0.3) is 11.2 Å². The molecule has 10 nitrogen and oxygen atoms in total. The topological polar surface area (TPSA) is 146 Å². The second-order valence-corrected chi connectivity index (χ2v) is 5.53. The summed E-state index contributed by atoms with van der Waals surface area (Å²) in [7, 11) is 0. The number of carboxylic acid groups (broad SMARTS) is 1. The van der Waals surface area contributed by atoms with E-state index >= 15 is 0 Å². The van der Waals surface area contributed by atoms with Gasteiger partial charge in [0.1, 0.15) is 0 Å². The molecule has 0 radical (unpaired) electrons. The second kappa shape index (κ2) is 7.04. The summed E-state index contributed by atoms with van der Waals surface area (Å²) in [4.78, 5) is 33.4. The van der Waals surface area contributed by atoms with Crippen molar-refractivity contribution in [3.8, 4) is 5.69 Å². The molecule has 3 rings (SSSR count). The summed E-state index contributed by atoms with van der Waals surface area (Å²) in [5, 5.41) is 32.1. The number of hydrogen-bond donors (Lipinski definition) is 1. The molecule has 1 N–H and O–H groups in total. The molecule has 0 aliphatic heterocycles. The van der Waals surface area contributed by atoms with E-state index in [1.165, 1.54) is 53.2 Å². The van der Waals surface area contributed by atoms with E-state index in [0.717, 1.165) is 0 Å². The number of nitro benzene ring substituents is 1. The Balaban J connectivity index is 1.90. The molecule has 0 amide bonds. The standard InChI is InChI=1S/C17H13N5O5/c1-10-15(19-18-12-4-2-11(3-5-12)17(24)25)16(23)21(20-10)13-6-8-14(9-7-13)22(26)27/h2-9,20H,1H3,(H,24,25)/p-1. The van der Waals surface area contributed by atoms with E-state index in [2.05, 4.69) is 15.3 Å². The lowest BCUT2D eigenvalue weighted by molar-refractivity contribution is -0.384. The highest BCUT2D eigenvalue weighted by atomic mass is 16.6. The van der Waals surface area contributed by atoms with Gasteiger partial charge in [-0.2, -0.15) is 5.11 Å². The van der Waals surface area contributed by atoms with E-state index in [1.54, 1.807) is 6.92 Å². The molecule has 0 saturated heterocycles. The van der Waals surface area contributed by atoms with Crippen LogP contribution in [0, 0.1) is 17.0 Å². The van der Waals surface area contributed by atoms with Crippen LogP contribution in [0.2, 0.25) is 0 Å². The maximum atomic E-state index is 12.5. The Kier molecular flexibility index (Phi) is 4.62. The molecule has 0 saturated carbocycles. The predicted molar refractivity (Wildman–Crippen MR) is 92.7 cm³/mol. The fourth-order valence-corrected chi connectivity index (χ4v) is 2.33. The lowest BCUT2D eigenvalue weighted by Crippen LogP contribution is -2.21. The van der Waals surface area contributed by atoms with E-state index in [4.69, 9.17) is 0 Å². The second-order valence-electron chi connectivity index (χ2n) is 5.53. The van der Waals surface area contributed by atoms with Gasteiger partial charge in [-0.05, 0) is 36.8 Å². The molecular formula is C17H12N5O5-. The number of rotatable bonds is 5. The van der Waals surface area contributed by atoms with Gasteiger partial charge < -0.3 is 9.90 Å². The highest BCUT2D eigenvalue weighted by molar-refractivity contribution is 5.86. The molecule has 0 spiro atoms. The van der Waals surface area contributed by atoms with Crippen molar-refractivity contribution in [3.63, 3.8) is 0 Å². The van der Waals surface area contributed by atoms with E-state index in [1.807, 2.05) is 0 Å². The van der Waals surface area contributed by atoms with Crippen LogP contribution < -0.4 is 10.7 Å². The summed E-state index contributed by atoms with van der Waals surface area (Å²) in [6, 6.07) is 11.0. The number of aromatic amines is 1. The summed E-state index contributed by atoms with van der Waals surface area (Å²) in [5.41, 5.74) is 0.736. The maximum absolute atomic E-state index is 12.5. The van der Waals surface area contributed by atoms with Crippen LogP contribution in [0.4, 0.5) is 17.1 Å². The number of non-ortho nitro benzene ring substituents is 1. The average Bonchev–Trinajstić information content (AvgIpc) is 2.94. The van der Waals surface area contributed by atoms with Crippen molar-refractivity contribution >= 4 is 23.0 Å². The van der Waals surface area contributed by atoms with Crippen molar-refractivity contribution in [2.75, 3.05) is 0 Å². The number of aryl methyl sites for hydroxylation is 1. The Morgan fingerprint density at radius 3 is 2.26 bits per heavy atom. The highest BCUT2D eigenvalue weighted by Gasteiger charge is 2.13. The van der Waals surface area contributed by atoms with E-state index in [9.17, 15) is 24.8 Å². The number of nitrogens with one attached hydrogen (secondary N) is 1. The fourth-order valence-electron chi connectivity index (χ4n) is 2.33. The van der Waals surface area contributed by atoms with Crippen LogP contribution >= 0.6 is 0 Å². The highest BCUT2D eigenvalue weighted by Crippen LogP contribution is 2.20. The normalized spacial score (nSPS) is 11.0. The molecule has 1 aromatic heterocycles. The lowest BCUT2D eigenvalue weighted by Gasteiger charge is -2.00. The molecule has 0 unspecified atom stereocenters. The zero-order chi connectivity index (χ0) is 19.6. The third-order valence-corrected chi connectivity index (χ3v) is 3.73. The van der Waals surface area contributed by atoms with Crippen LogP contribution in [0.25, 0.3) is 5.69 Å². The van der Waals surface area contributed by atoms with Crippen LogP contribution in [0.1, 0.15) is 16.1 Å². The molecule has 0 fully saturated rings. The number of nitro groups is 1. The molecule has 0 bridgehead atoms. The van der Waals surface area contributed by atoms with Crippen molar-refractivity contribution in [2.24, 2.45) is 10.2 Å². The Bertz CT molecular complexity index is 1090. The minimum Gasteiger partial charge on any atom is -0.545 e. The van der Waals surface area contributed by atoms with Crippen molar-refractivity contribution in [1.29, 1.82) is 0 Å². The number of aromatic nitrogens is 2. The zero-order valence-corrected chi connectivity index (χ0v) is 13.9. The van der Waals surface area contributed by atoms with Gasteiger partial charge in [-0.3, -0.25) is 20.0 Å². The maximum Gasteiger partial charge on any atom is 0.299 e. The molecule has 0 aliphatic rings. The number of carbonyl (C=O) groups excluding carboxylic acids is 1. The third kappa shape index (κ3) is 3.63. The first-order valence-electron chi connectivity index (χ1n) is 7.66. The van der Waals surface area contributed by atoms with Crippen molar-refractivity contribution in [2.45, 2.75) is 6.92 Å². The van der Waals surface area contributed by atoms with Gasteiger partial charge in [-0.1, -0.05) is 12.1 Å². The number of carboxylic acids is 1. The number of H-pyrrole nitrogens is 1. The third-order valence-electron chi connectivity index (χ3n) is 3.73. The predicted octanol–water partition coefficient (Wildman–Crippen LogP) is 2.16. The lowest BCUT2D eigenvalue weighted by atomic mass is 10.2. The van der Waals surface area contributed by atoms with Crippen molar-refractivity contribution in [1.82, 2.24) is 9.78 Å². The molecule has 1 heterocycles. The molecule has 0 atom stereocenters. The Morgan fingerprint density at radius 2 is 1.70 bits per heavy atom. The zero-order valence-electron chi connectivity index (χ0n) is 13.9. The number of azo groups is 1. The molecule has 2 aromatic carbocycles. The van der Waals surface area contributed by atoms with Crippen molar-refractivity contribution < 1.29 is 14.8 Å². The fraction of sp³-hybridized carbons (Fsp3) is 0.0588. The van der Waals surface area contributed by atoms with Crippen LogP contribution in [0.15, 0.2) is 63.6 Å². The van der Waals surface area contributed by atoms with Crippen LogP contribution in [0.3, 0.4) is 0 Å². The first kappa shape index (κ1) is 17.7. The van der Waals surface area contributed by atoms with Crippen LogP contribution in [-0.2, 0) is 0 Å². The number of benzene rings is 2. The number of carbonyl (C=O) groups is 1. The first-order valence-corrected chi connectivity index (χ1v) is 7.66. The van der Waals surface area contributed by atoms with Gasteiger partial charge in [-0.25, -0.2) is 4.68 Å². The molecule has 136 valence electrons. The van der Waals surface area contributed by atoms with Crippen molar-refractivity contribution in [3.05, 3.63) is 80.3 Å². The van der Waals surface area contributed by atoms with Gasteiger partial charge in [0.15, 0.2) is 5.69 Å². The van der Waals surface area contributed by atoms with Gasteiger partial charge in [0.2, 0.25) is 0 Å².